The fourth-order valence-electron chi connectivity index (χ4n) is 1.29. The zero-order valence-corrected chi connectivity index (χ0v) is 12.3. The number of carbonyl (C=O) groups excluding carboxylic acids is 2. The van der Waals surface area contributed by atoms with Gasteiger partial charge in [0.1, 0.15) is 0 Å². The molecule has 7 nitrogen and oxygen atoms in total. The Labute approximate surface area is 121 Å². The van der Waals surface area contributed by atoms with E-state index >= 15 is 0 Å². The minimum Gasteiger partial charge on any atom is -0.449 e. The molecule has 112 valence electrons. The lowest BCUT2D eigenvalue weighted by Gasteiger charge is -2.21. The third kappa shape index (κ3) is 5.16. The molecule has 1 rings (SSSR count). The average Bonchev–Trinajstić information content (AvgIpc) is 2.95. The number of ether oxygens (including phenoxy) is 2. The first-order chi connectivity index (χ1) is 9.56. The monoisotopic (exact) mass is 302 g/mol. The van der Waals surface area contributed by atoms with Gasteiger partial charge < -0.3 is 9.47 Å². The van der Waals surface area contributed by atoms with E-state index in [1.165, 1.54) is 7.05 Å². The van der Waals surface area contributed by atoms with Gasteiger partial charge in [-0.05, 0) is 18.4 Å². The van der Waals surface area contributed by atoms with Crippen LogP contribution in [0.2, 0.25) is 0 Å². The van der Waals surface area contributed by atoms with Crippen LogP contribution in [0.4, 0.5) is 9.59 Å². The number of hydrogen-bond donors (Lipinski definition) is 1. The number of nitrogens with zero attached hydrogens (tertiary/aromatic N) is 2. The molecule has 0 spiro atoms. The van der Waals surface area contributed by atoms with Gasteiger partial charge in [0.05, 0.1) is 26.4 Å². The first-order valence-corrected chi connectivity index (χ1v) is 6.95. The second-order valence-electron chi connectivity index (χ2n) is 3.80. The molecule has 0 aromatic carbocycles. The van der Waals surface area contributed by atoms with E-state index in [0.29, 0.717) is 16.6 Å². The second kappa shape index (κ2) is 8.51. The van der Waals surface area contributed by atoms with Crippen molar-refractivity contribution in [2.45, 2.75) is 13.5 Å². The summed E-state index contributed by atoms with van der Waals surface area (Å²) in [5, 5.41) is 11.9. The highest BCUT2D eigenvalue weighted by Gasteiger charge is 2.22. The molecule has 0 saturated carbocycles. The summed E-state index contributed by atoms with van der Waals surface area (Å²) in [6.07, 6.45) is -0.809. The Kier molecular flexibility index (Phi) is 6.99. The van der Waals surface area contributed by atoms with Crippen molar-refractivity contribution in [1.29, 1.82) is 0 Å². The molecule has 0 atom stereocenters. The van der Waals surface area contributed by atoms with Crippen molar-refractivity contribution in [2.24, 2.45) is 0 Å². The largest absolute Gasteiger partial charge is 0.449 e. The molecule has 0 radical (unpaired) electrons. The van der Waals surface area contributed by atoms with E-state index in [-0.39, 0.29) is 19.8 Å². The predicted octanol–water partition coefficient (Wildman–Crippen LogP) is 2.16. The lowest BCUT2D eigenvalue weighted by molar-refractivity contribution is -0.0697. The van der Waals surface area contributed by atoms with E-state index in [0.717, 1.165) is 4.88 Å². The fourth-order valence-corrected chi connectivity index (χ4v) is 1.93. The van der Waals surface area contributed by atoms with Gasteiger partial charge in [-0.3, -0.25) is 5.21 Å². The van der Waals surface area contributed by atoms with Gasteiger partial charge in [-0.2, -0.15) is 0 Å². The molecule has 3 amide bonds. The van der Waals surface area contributed by atoms with Crippen LogP contribution in [0.15, 0.2) is 17.5 Å². The van der Waals surface area contributed by atoms with Crippen LogP contribution < -0.4 is 0 Å². The smallest absolute Gasteiger partial charge is 0.417 e. The molecule has 1 N–H and O–H groups in total. The van der Waals surface area contributed by atoms with Crippen molar-refractivity contribution in [2.75, 3.05) is 26.8 Å². The van der Waals surface area contributed by atoms with Gasteiger partial charge >= 0.3 is 12.1 Å². The number of amides is 3. The molecule has 8 heteroatoms. The normalized spacial score (nSPS) is 10.2. The molecule has 20 heavy (non-hydrogen) atoms. The molecule has 1 heterocycles. The Morgan fingerprint density at radius 1 is 1.45 bits per heavy atom. The van der Waals surface area contributed by atoms with Gasteiger partial charge in [-0.15, -0.1) is 11.3 Å². The SMILES string of the molecule is CCOC(=O)N(C)C(=O)N(O)CCOCc1cccs1. The zero-order chi connectivity index (χ0) is 15.0. The molecule has 0 bridgehead atoms. The van der Waals surface area contributed by atoms with E-state index in [2.05, 4.69) is 4.74 Å². The van der Waals surface area contributed by atoms with Crippen LogP contribution in [-0.2, 0) is 16.1 Å². The molecule has 0 aliphatic rings. The van der Waals surface area contributed by atoms with Crippen LogP contribution in [0.3, 0.4) is 0 Å². The van der Waals surface area contributed by atoms with E-state index in [9.17, 15) is 14.8 Å². The zero-order valence-electron chi connectivity index (χ0n) is 11.4. The summed E-state index contributed by atoms with van der Waals surface area (Å²) in [6.45, 7) is 2.34. The van der Waals surface area contributed by atoms with Crippen molar-refractivity contribution in [3.8, 4) is 0 Å². The van der Waals surface area contributed by atoms with Gasteiger partial charge in [-0.25, -0.2) is 19.6 Å². The lowest BCUT2D eigenvalue weighted by Crippen LogP contribution is -2.43. The summed E-state index contributed by atoms with van der Waals surface area (Å²) >= 11 is 1.56. The number of carbonyl (C=O) groups is 2. The molecule has 0 fully saturated rings. The average molecular weight is 302 g/mol. The Balaban J connectivity index is 2.25. The first-order valence-electron chi connectivity index (χ1n) is 6.07. The topological polar surface area (TPSA) is 79.3 Å². The Morgan fingerprint density at radius 3 is 2.80 bits per heavy atom. The number of urea groups is 1. The summed E-state index contributed by atoms with van der Waals surface area (Å²) in [7, 11) is 1.23. The van der Waals surface area contributed by atoms with E-state index in [1.807, 2.05) is 17.5 Å². The van der Waals surface area contributed by atoms with Crippen molar-refractivity contribution in [1.82, 2.24) is 9.96 Å². The maximum Gasteiger partial charge on any atom is 0.417 e. The van der Waals surface area contributed by atoms with Crippen LogP contribution in [0.5, 0.6) is 0 Å². The molecule has 0 aliphatic carbocycles. The standard InChI is InChI=1S/C12H18N2O5S/c1-3-19-12(16)13(2)11(15)14(17)6-7-18-9-10-5-4-8-20-10/h4-5,8,17H,3,6-7,9H2,1-2H3. The van der Waals surface area contributed by atoms with Gasteiger partial charge in [-0.1, -0.05) is 6.07 Å². The molecular formula is C12H18N2O5S. The number of thiophene rings is 1. The Morgan fingerprint density at radius 2 is 2.20 bits per heavy atom. The van der Waals surface area contributed by atoms with Crippen LogP contribution in [0.1, 0.15) is 11.8 Å². The maximum absolute atomic E-state index is 11.6. The minimum absolute atomic E-state index is 0.0338. The number of imide groups is 1. The quantitative estimate of drug-likeness (QED) is 0.495. The lowest BCUT2D eigenvalue weighted by atomic mass is 10.5. The highest BCUT2D eigenvalue weighted by atomic mass is 32.1. The first kappa shape index (κ1) is 16.4. The number of rotatable bonds is 6. The van der Waals surface area contributed by atoms with Crippen molar-refractivity contribution >= 4 is 23.5 Å². The summed E-state index contributed by atoms with van der Waals surface area (Å²) in [6, 6.07) is 2.99. The Bertz CT molecular complexity index is 423. The highest BCUT2D eigenvalue weighted by Crippen LogP contribution is 2.09. The third-order valence-electron chi connectivity index (χ3n) is 2.32. The summed E-state index contributed by atoms with van der Waals surface area (Å²) in [5.74, 6) is 0. The van der Waals surface area contributed by atoms with Gasteiger partial charge in [0.2, 0.25) is 0 Å². The highest BCUT2D eigenvalue weighted by molar-refractivity contribution is 7.09. The van der Waals surface area contributed by atoms with E-state index in [4.69, 9.17) is 4.74 Å². The number of hydroxylamine groups is 2. The van der Waals surface area contributed by atoms with Crippen LogP contribution >= 0.6 is 11.3 Å². The summed E-state index contributed by atoms with van der Waals surface area (Å²) in [5.41, 5.74) is 0. The van der Waals surface area contributed by atoms with Crippen molar-refractivity contribution in [3.05, 3.63) is 22.4 Å². The minimum atomic E-state index is -0.858. The number of hydrogen-bond acceptors (Lipinski definition) is 6. The van der Waals surface area contributed by atoms with Crippen molar-refractivity contribution in [3.63, 3.8) is 0 Å². The van der Waals surface area contributed by atoms with Crippen LogP contribution in [0, 0.1) is 0 Å². The molecule has 1 aromatic rings. The fraction of sp³-hybridized carbons (Fsp3) is 0.500. The molecule has 0 aliphatic heterocycles. The predicted molar refractivity (Wildman–Crippen MR) is 72.6 cm³/mol. The van der Waals surface area contributed by atoms with Crippen LogP contribution in [0.25, 0.3) is 0 Å². The molecule has 0 saturated heterocycles. The van der Waals surface area contributed by atoms with Gasteiger partial charge in [0.15, 0.2) is 0 Å². The summed E-state index contributed by atoms with van der Waals surface area (Å²) in [4.78, 5) is 24.7. The van der Waals surface area contributed by atoms with Gasteiger partial charge in [0, 0.05) is 11.9 Å². The van der Waals surface area contributed by atoms with E-state index < -0.39 is 12.1 Å². The molecule has 1 aromatic heterocycles. The second-order valence-corrected chi connectivity index (χ2v) is 4.83. The van der Waals surface area contributed by atoms with Crippen LogP contribution in [-0.4, -0.2) is 54.1 Å². The maximum atomic E-state index is 11.6. The van der Waals surface area contributed by atoms with E-state index in [1.54, 1.807) is 18.3 Å². The van der Waals surface area contributed by atoms with Crippen molar-refractivity contribution < 1.29 is 24.3 Å². The molecular weight excluding hydrogens is 284 g/mol. The summed E-state index contributed by atoms with van der Waals surface area (Å²) < 4.78 is 9.96. The third-order valence-corrected chi connectivity index (χ3v) is 3.17. The Hall–Kier alpha value is -1.64. The van der Waals surface area contributed by atoms with Gasteiger partial charge in [0.25, 0.3) is 0 Å². The molecule has 0 unspecified atom stereocenters.